The molecule has 0 N–H and O–H groups in total. The average molecular weight is 244 g/mol. The van der Waals surface area contributed by atoms with E-state index in [9.17, 15) is 9.59 Å². The van der Waals surface area contributed by atoms with Gasteiger partial charge < -0.3 is 9.47 Å². The Balaban J connectivity index is 0. The van der Waals surface area contributed by atoms with Crippen molar-refractivity contribution in [1.29, 1.82) is 0 Å². The monoisotopic (exact) mass is 242 g/mol. The number of rotatable bonds is 2. The van der Waals surface area contributed by atoms with Crippen molar-refractivity contribution in [2.24, 2.45) is 0 Å². The second kappa shape index (κ2) is 9.01. The summed E-state index contributed by atoms with van der Waals surface area (Å²) in [6.07, 6.45) is 0. The molecule has 0 aromatic rings. The van der Waals surface area contributed by atoms with Gasteiger partial charge in [0, 0.05) is 19.5 Å². The van der Waals surface area contributed by atoms with Gasteiger partial charge in [-0.15, -0.1) is 0 Å². The van der Waals surface area contributed by atoms with Crippen molar-refractivity contribution in [3.05, 3.63) is 0 Å². The predicted octanol–water partition coefficient (Wildman–Crippen LogP) is 2.03. The second-order valence-electron chi connectivity index (χ2n) is 1.47. The van der Waals surface area contributed by atoms with E-state index in [0.717, 1.165) is 0 Å². The molecule has 0 radical (unpaired) electrons. The van der Waals surface area contributed by atoms with Gasteiger partial charge in [-0.1, -0.05) is 0 Å². The van der Waals surface area contributed by atoms with E-state index < -0.39 is 10.6 Å². The van der Waals surface area contributed by atoms with Crippen LogP contribution in [0.25, 0.3) is 0 Å². The zero-order valence-corrected chi connectivity index (χ0v) is 10.9. The van der Waals surface area contributed by atoms with Crippen LogP contribution in [-0.2, 0) is 29.0 Å². The molecule has 0 atom stereocenters. The van der Waals surface area contributed by atoms with E-state index in [0.29, 0.717) is 11.8 Å². The van der Waals surface area contributed by atoms with Crippen LogP contribution >= 0.6 is 11.8 Å². The number of carbonyl (C=O) groups is 2. The second-order valence-corrected chi connectivity index (χ2v) is 2.34. The molecule has 0 saturated heterocycles. The minimum atomic E-state index is -0.619. The van der Waals surface area contributed by atoms with Gasteiger partial charge in [0.05, 0.1) is 25.0 Å². The van der Waals surface area contributed by atoms with Gasteiger partial charge >= 0.3 is 10.6 Å². The summed E-state index contributed by atoms with van der Waals surface area (Å²) >= 11 is 0.426. The summed E-state index contributed by atoms with van der Waals surface area (Å²) in [7, 11) is 0. The molecule has 0 saturated carbocycles. The largest absolute Gasteiger partial charge is 0.457 e. The fourth-order valence-electron chi connectivity index (χ4n) is 0.363. The Kier molecular flexibility index (Phi) is 10.8. The van der Waals surface area contributed by atoms with Crippen molar-refractivity contribution in [3.63, 3.8) is 0 Å². The molecule has 0 aromatic heterocycles. The fraction of sp³-hybridized carbons (Fsp3) is 0.667. The molecule has 0 heterocycles. The van der Waals surface area contributed by atoms with Gasteiger partial charge in [0.1, 0.15) is 0 Å². The molecular formula is C6H10O4SZn. The molecule has 4 nitrogen and oxygen atoms in total. The zero-order valence-electron chi connectivity index (χ0n) is 7.16. The molecule has 0 unspecified atom stereocenters. The van der Waals surface area contributed by atoms with E-state index in [-0.39, 0.29) is 32.7 Å². The van der Waals surface area contributed by atoms with Crippen LogP contribution in [0.2, 0.25) is 0 Å². The molecule has 0 spiro atoms. The van der Waals surface area contributed by atoms with Crippen molar-refractivity contribution >= 4 is 22.4 Å². The molecule has 0 amide bonds. The van der Waals surface area contributed by atoms with Crippen LogP contribution < -0.4 is 0 Å². The first kappa shape index (κ1) is 14.4. The minimum Gasteiger partial charge on any atom is -0.457 e. The fourth-order valence-corrected chi connectivity index (χ4v) is 0.852. The van der Waals surface area contributed by atoms with Crippen LogP contribution in [0.5, 0.6) is 0 Å². The smallest absolute Gasteiger partial charge is 0.378 e. The van der Waals surface area contributed by atoms with Gasteiger partial charge in [0.15, 0.2) is 0 Å². The molecule has 66 valence electrons. The van der Waals surface area contributed by atoms with Crippen molar-refractivity contribution in [2.45, 2.75) is 13.8 Å². The van der Waals surface area contributed by atoms with Crippen molar-refractivity contribution in [1.82, 2.24) is 0 Å². The molecular weight excluding hydrogens is 234 g/mol. The topological polar surface area (TPSA) is 52.6 Å². The zero-order chi connectivity index (χ0) is 8.69. The minimum absolute atomic E-state index is 0. The third-order valence-corrected chi connectivity index (χ3v) is 1.26. The molecule has 6 heteroatoms. The maximum Gasteiger partial charge on any atom is 0.378 e. The summed E-state index contributed by atoms with van der Waals surface area (Å²) in [6, 6.07) is 0. The van der Waals surface area contributed by atoms with Crippen LogP contribution in [0.1, 0.15) is 13.8 Å². The van der Waals surface area contributed by atoms with Gasteiger partial charge in [-0.3, -0.25) is 0 Å². The van der Waals surface area contributed by atoms with E-state index in [1.165, 1.54) is 0 Å². The number of thioether (sulfide) groups is 1. The summed E-state index contributed by atoms with van der Waals surface area (Å²) in [5.74, 6) is 0. The molecule has 0 aliphatic rings. The van der Waals surface area contributed by atoms with E-state index in [1.54, 1.807) is 13.8 Å². The van der Waals surface area contributed by atoms with Crippen molar-refractivity contribution in [3.8, 4) is 0 Å². The first-order chi connectivity index (χ1) is 5.20. The SMILES string of the molecule is CCOC(=O)SC(=O)OCC.[Zn]. The number of ether oxygens (including phenoxy) is 2. The maximum absolute atomic E-state index is 10.6. The summed E-state index contributed by atoms with van der Waals surface area (Å²) in [4.78, 5) is 21.1. The van der Waals surface area contributed by atoms with Crippen LogP contribution in [0.3, 0.4) is 0 Å². The summed E-state index contributed by atoms with van der Waals surface area (Å²) in [5, 5.41) is -1.24. The van der Waals surface area contributed by atoms with Gasteiger partial charge in [0.25, 0.3) is 0 Å². The third kappa shape index (κ3) is 8.01. The third-order valence-electron chi connectivity index (χ3n) is 0.691. The Bertz CT molecular complexity index is 134. The number of carbonyl (C=O) groups excluding carboxylic acids is 2. The molecule has 12 heavy (non-hydrogen) atoms. The van der Waals surface area contributed by atoms with Gasteiger partial charge in [-0.2, -0.15) is 0 Å². The Hall–Kier alpha value is -0.0866. The summed E-state index contributed by atoms with van der Waals surface area (Å²) in [5.41, 5.74) is 0. The Morgan fingerprint density at radius 2 is 1.42 bits per heavy atom. The average Bonchev–Trinajstić information content (AvgIpc) is 1.87. The van der Waals surface area contributed by atoms with E-state index in [2.05, 4.69) is 9.47 Å². The molecule has 0 rings (SSSR count). The summed E-state index contributed by atoms with van der Waals surface area (Å²) < 4.78 is 8.96. The molecule has 0 aromatic carbocycles. The maximum atomic E-state index is 10.6. The molecule has 0 aliphatic carbocycles. The first-order valence-corrected chi connectivity index (χ1v) is 4.03. The van der Waals surface area contributed by atoms with Crippen LogP contribution in [0.15, 0.2) is 0 Å². The Morgan fingerprint density at radius 3 is 1.67 bits per heavy atom. The van der Waals surface area contributed by atoms with Crippen molar-refractivity contribution < 1.29 is 38.5 Å². The number of hydrogen-bond acceptors (Lipinski definition) is 5. The normalized spacial score (nSPS) is 8.17. The van der Waals surface area contributed by atoms with Gasteiger partial charge in [-0.05, 0) is 13.8 Å². The standard InChI is InChI=1S/C6H10O4S.Zn/c1-3-9-5(7)11-6(8)10-4-2;/h3-4H2,1-2H3;. The molecule has 0 bridgehead atoms. The predicted molar refractivity (Wildman–Crippen MR) is 41.6 cm³/mol. The first-order valence-electron chi connectivity index (χ1n) is 3.22. The van der Waals surface area contributed by atoms with E-state index >= 15 is 0 Å². The van der Waals surface area contributed by atoms with E-state index in [4.69, 9.17) is 0 Å². The quantitative estimate of drug-likeness (QED) is 0.549. The van der Waals surface area contributed by atoms with Crippen LogP contribution in [0.4, 0.5) is 9.59 Å². The number of hydrogen-bond donors (Lipinski definition) is 0. The summed E-state index contributed by atoms with van der Waals surface area (Å²) in [6.45, 7) is 3.88. The Labute approximate surface area is 88.1 Å². The molecule has 0 aliphatic heterocycles. The Morgan fingerprint density at radius 1 is 1.08 bits per heavy atom. The molecule has 0 fully saturated rings. The van der Waals surface area contributed by atoms with Gasteiger partial charge in [-0.25, -0.2) is 9.59 Å². The van der Waals surface area contributed by atoms with E-state index in [1.807, 2.05) is 0 Å². The van der Waals surface area contributed by atoms with Crippen molar-refractivity contribution in [2.75, 3.05) is 13.2 Å². The van der Waals surface area contributed by atoms with Crippen LogP contribution in [-0.4, -0.2) is 23.8 Å². The van der Waals surface area contributed by atoms with Crippen LogP contribution in [0, 0.1) is 0 Å². The van der Waals surface area contributed by atoms with Gasteiger partial charge in [0.2, 0.25) is 0 Å².